The molecule has 2 aromatic carbocycles. The zero-order valence-electron chi connectivity index (χ0n) is 11.8. The normalized spacial score (nSPS) is 11.3. The van der Waals surface area contributed by atoms with Crippen molar-refractivity contribution >= 4 is 5.69 Å². The number of anilines is 1. The van der Waals surface area contributed by atoms with Gasteiger partial charge in [-0.25, -0.2) is 0 Å². The minimum absolute atomic E-state index is 0.428. The molecule has 0 heterocycles. The molecule has 2 nitrogen and oxygen atoms in total. The van der Waals surface area contributed by atoms with E-state index in [0.29, 0.717) is 12.3 Å². The number of hydrogen-bond acceptors (Lipinski definition) is 2. The number of aryl methyl sites for hydroxylation is 1. The average molecular weight is 295 g/mol. The number of rotatable bonds is 4. The number of methoxy groups -OCH3 is 1. The fraction of sp³-hybridized carbons (Fsp3) is 0.250. The van der Waals surface area contributed by atoms with Gasteiger partial charge in [-0.05, 0) is 42.3 Å². The molecule has 0 saturated heterocycles. The monoisotopic (exact) mass is 295 g/mol. The van der Waals surface area contributed by atoms with Gasteiger partial charge in [0.05, 0.1) is 18.4 Å². The highest BCUT2D eigenvalue weighted by molar-refractivity contribution is 5.57. The zero-order valence-corrected chi connectivity index (χ0v) is 11.8. The van der Waals surface area contributed by atoms with Gasteiger partial charge in [-0.15, -0.1) is 0 Å². The van der Waals surface area contributed by atoms with Crippen LogP contribution in [0.4, 0.5) is 18.9 Å². The molecule has 0 radical (unpaired) electrons. The predicted molar refractivity (Wildman–Crippen MR) is 76.5 cm³/mol. The lowest BCUT2D eigenvalue weighted by Gasteiger charge is -2.12. The molecule has 2 aromatic rings. The van der Waals surface area contributed by atoms with Crippen molar-refractivity contribution in [2.45, 2.75) is 19.6 Å². The highest BCUT2D eigenvalue weighted by Crippen LogP contribution is 2.29. The molecular formula is C16H16F3NO. The highest BCUT2D eigenvalue weighted by Gasteiger charge is 2.29. The molecule has 0 aliphatic carbocycles. The summed E-state index contributed by atoms with van der Waals surface area (Å²) in [5, 5.41) is 3.16. The van der Waals surface area contributed by atoms with E-state index < -0.39 is 11.7 Å². The molecule has 0 atom stereocenters. The predicted octanol–water partition coefficient (Wildman–Crippen LogP) is 4.63. The third kappa shape index (κ3) is 3.90. The second-order valence-corrected chi connectivity index (χ2v) is 4.75. The average Bonchev–Trinajstić information content (AvgIpc) is 2.45. The van der Waals surface area contributed by atoms with E-state index in [1.807, 2.05) is 25.1 Å². The Hall–Kier alpha value is -2.17. The molecule has 0 saturated carbocycles. The van der Waals surface area contributed by atoms with Crippen LogP contribution in [0.2, 0.25) is 0 Å². The van der Waals surface area contributed by atoms with Crippen LogP contribution in [0.25, 0.3) is 0 Å². The highest BCUT2D eigenvalue weighted by atomic mass is 19.4. The quantitative estimate of drug-likeness (QED) is 0.887. The van der Waals surface area contributed by atoms with Gasteiger partial charge >= 0.3 is 6.18 Å². The lowest BCUT2D eigenvalue weighted by atomic mass is 10.1. The summed E-state index contributed by atoms with van der Waals surface area (Å²) in [5.74, 6) is 0.710. The second-order valence-electron chi connectivity index (χ2n) is 4.75. The van der Waals surface area contributed by atoms with Gasteiger partial charge in [-0.2, -0.15) is 13.2 Å². The van der Waals surface area contributed by atoms with Crippen LogP contribution in [0, 0.1) is 6.92 Å². The van der Waals surface area contributed by atoms with Crippen LogP contribution in [-0.4, -0.2) is 7.11 Å². The Morgan fingerprint density at radius 2 is 1.71 bits per heavy atom. The van der Waals surface area contributed by atoms with E-state index in [2.05, 4.69) is 5.32 Å². The van der Waals surface area contributed by atoms with Crippen LogP contribution in [0.1, 0.15) is 16.7 Å². The van der Waals surface area contributed by atoms with Crippen molar-refractivity contribution in [1.82, 2.24) is 0 Å². The second kappa shape index (κ2) is 6.08. The molecule has 0 aliphatic heterocycles. The van der Waals surface area contributed by atoms with Crippen LogP contribution < -0.4 is 10.1 Å². The first-order chi connectivity index (χ1) is 9.90. The fourth-order valence-electron chi connectivity index (χ4n) is 1.95. The lowest BCUT2D eigenvalue weighted by Crippen LogP contribution is -2.06. The summed E-state index contributed by atoms with van der Waals surface area (Å²) in [6, 6.07) is 10.8. The molecule has 0 aliphatic rings. The number of benzene rings is 2. The summed E-state index contributed by atoms with van der Waals surface area (Å²) in [7, 11) is 1.58. The summed E-state index contributed by atoms with van der Waals surface area (Å²) in [6.45, 7) is 2.39. The van der Waals surface area contributed by atoms with Crippen molar-refractivity contribution in [3.05, 3.63) is 59.2 Å². The molecule has 0 bridgehead atoms. The van der Waals surface area contributed by atoms with Crippen molar-refractivity contribution in [2.24, 2.45) is 0 Å². The van der Waals surface area contributed by atoms with E-state index in [9.17, 15) is 13.2 Å². The Bertz CT molecular complexity index is 606. The van der Waals surface area contributed by atoms with Gasteiger partial charge in [-0.3, -0.25) is 0 Å². The minimum Gasteiger partial charge on any atom is -0.495 e. The number of alkyl halides is 3. The van der Waals surface area contributed by atoms with E-state index in [0.717, 1.165) is 28.9 Å². The van der Waals surface area contributed by atoms with E-state index >= 15 is 0 Å². The zero-order chi connectivity index (χ0) is 15.5. The van der Waals surface area contributed by atoms with E-state index in [1.54, 1.807) is 7.11 Å². The Morgan fingerprint density at radius 1 is 1.05 bits per heavy atom. The lowest BCUT2D eigenvalue weighted by molar-refractivity contribution is -0.137. The Labute approximate surface area is 121 Å². The smallest absolute Gasteiger partial charge is 0.416 e. The molecule has 0 fully saturated rings. The molecule has 112 valence electrons. The molecule has 1 N–H and O–H groups in total. The maximum atomic E-state index is 12.5. The van der Waals surface area contributed by atoms with Crippen LogP contribution in [-0.2, 0) is 12.7 Å². The van der Waals surface area contributed by atoms with Gasteiger partial charge in [0.1, 0.15) is 5.75 Å². The SMILES string of the molecule is COc1cc(C)ccc1NCc1ccc(C(F)(F)F)cc1. The van der Waals surface area contributed by atoms with Crippen molar-refractivity contribution in [3.8, 4) is 5.75 Å². The Morgan fingerprint density at radius 3 is 2.29 bits per heavy atom. The molecule has 0 unspecified atom stereocenters. The number of nitrogens with one attached hydrogen (secondary N) is 1. The summed E-state index contributed by atoms with van der Waals surface area (Å²) < 4.78 is 42.7. The molecule has 5 heteroatoms. The maximum Gasteiger partial charge on any atom is 0.416 e. The first-order valence-corrected chi connectivity index (χ1v) is 6.45. The largest absolute Gasteiger partial charge is 0.495 e. The van der Waals surface area contributed by atoms with Gasteiger partial charge in [0.2, 0.25) is 0 Å². The van der Waals surface area contributed by atoms with E-state index in [-0.39, 0.29) is 0 Å². The van der Waals surface area contributed by atoms with Crippen LogP contribution in [0.3, 0.4) is 0 Å². The molecule has 0 amide bonds. The van der Waals surface area contributed by atoms with Crippen molar-refractivity contribution in [2.75, 3.05) is 12.4 Å². The molecule has 2 rings (SSSR count). The minimum atomic E-state index is -4.30. The van der Waals surface area contributed by atoms with Crippen molar-refractivity contribution < 1.29 is 17.9 Å². The van der Waals surface area contributed by atoms with Gasteiger partial charge in [-0.1, -0.05) is 18.2 Å². The fourth-order valence-corrected chi connectivity index (χ4v) is 1.95. The van der Waals surface area contributed by atoms with Gasteiger partial charge < -0.3 is 10.1 Å². The van der Waals surface area contributed by atoms with Crippen LogP contribution in [0.5, 0.6) is 5.75 Å². The summed E-state index contributed by atoms with van der Waals surface area (Å²) in [4.78, 5) is 0. The maximum absolute atomic E-state index is 12.5. The first-order valence-electron chi connectivity index (χ1n) is 6.45. The Balaban J connectivity index is 2.07. The van der Waals surface area contributed by atoms with Gasteiger partial charge in [0.15, 0.2) is 0 Å². The van der Waals surface area contributed by atoms with Gasteiger partial charge in [0, 0.05) is 6.54 Å². The van der Waals surface area contributed by atoms with Crippen LogP contribution >= 0.6 is 0 Å². The Kier molecular flexibility index (Phi) is 4.40. The number of hydrogen-bond donors (Lipinski definition) is 1. The van der Waals surface area contributed by atoms with Gasteiger partial charge in [0.25, 0.3) is 0 Å². The first kappa shape index (κ1) is 15.2. The third-order valence-electron chi connectivity index (χ3n) is 3.12. The molecule has 21 heavy (non-hydrogen) atoms. The number of halogens is 3. The number of ether oxygens (including phenoxy) is 1. The van der Waals surface area contributed by atoms with E-state index in [1.165, 1.54) is 12.1 Å². The molecule has 0 spiro atoms. The standard InChI is InChI=1S/C16H16F3NO/c1-11-3-8-14(15(9-11)21-2)20-10-12-4-6-13(7-5-12)16(17,18)19/h3-9,20H,10H2,1-2H3. The summed E-state index contributed by atoms with van der Waals surface area (Å²) >= 11 is 0. The summed E-state index contributed by atoms with van der Waals surface area (Å²) in [5.41, 5.74) is 2.01. The third-order valence-corrected chi connectivity index (χ3v) is 3.12. The van der Waals surface area contributed by atoms with Crippen molar-refractivity contribution in [1.29, 1.82) is 0 Å². The van der Waals surface area contributed by atoms with Crippen molar-refractivity contribution in [3.63, 3.8) is 0 Å². The van der Waals surface area contributed by atoms with Crippen LogP contribution in [0.15, 0.2) is 42.5 Å². The summed E-state index contributed by atoms with van der Waals surface area (Å²) in [6.07, 6.45) is -4.30. The topological polar surface area (TPSA) is 21.3 Å². The van der Waals surface area contributed by atoms with E-state index in [4.69, 9.17) is 4.74 Å². The molecular weight excluding hydrogens is 279 g/mol. The molecule has 0 aromatic heterocycles.